The summed E-state index contributed by atoms with van der Waals surface area (Å²) in [6.45, 7) is 16.3. The van der Waals surface area contributed by atoms with E-state index in [-0.39, 0.29) is 10.8 Å². The molecule has 6 rings (SSSR count). The van der Waals surface area contributed by atoms with Gasteiger partial charge in [0, 0.05) is 5.41 Å². The molecule has 2 aromatic rings. The molecule has 0 fully saturated rings. The highest BCUT2D eigenvalue weighted by Gasteiger charge is 2.50. The van der Waals surface area contributed by atoms with Crippen molar-refractivity contribution < 1.29 is 13.9 Å². The first-order valence-electron chi connectivity index (χ1n) is 10.5. The Balaban J connectivity index is 2.38. The van der Waals surface area contributed by atoms with Crippen LogP contribution in [0.4, 0.5) is 0 Å². The summed E-state index contributed by atoms with van der Waals surface area (Å²) in [5, 5.41) is 0. The monoisotopic (exact) mass is 434 g/mol. The summed E-state index contributed by atoms with van der Waals surface area (Å²) < 4.78 is 11.2. The Morgan fingerprint density at radius 3 is 1.52 bits per heavy atom. The Hall–Kier alpha value is -2.61. The van der Waals surface area contributed by atoms with Crippen molar-refractivity contribution in [2.45, 2.75) is 37.5 Å². The van der Waals surface area contributed by atoms with Gasteiger partial charge in [-0.05, 0) is 72.9 Å². The van der Waals surface area contributed by atoms with Gasteiger partial charge in [0.2, 0.25) is 0 Å². The fraction of sp³-hybridized carbons (Fsp3) is 0.259. The van der Waals surface area contributed by atoms with Crippen molar-refractivity contribution in [2.24, 2.45) is 5.41 Å². The maximum Gasteiger partial charge on any atom is 0.460 e. The topological polar surface area (TPSA) is 38.7 Å². The predicted molar refractivity (Wildman–Crippen MR) is 130 cm³/mol. The molecule has 3 nitrogen and oxygen atoms in total. The van der Waals surface area contributed by atoms with E-state index in [1.54, 1.807) is 0 Å². The van der Waals surface area contributed by atoms with Crippen molar-refractivity contribution in [1.29, 1.82) is 0 Å². The van der Waals surface area contributed by atoms with Gasteiger partial charge in [0.05, 0.1) is 0 Å². The second-order valence-corrected chi connectivity index (χ2v) is 8.80. The highest BCUT2D eigenvalue weighted by Crippen LogP contribution is 2.57. The van der Waals surface area contributed by atoms with Crippen molar-refractivity contribution in [3.8, 4) is 11.5 Å². The van der Waals surface area contributed by atoms with E-state index >= 15 is 0 Å². The molecule has 0 atom stereocenters. The summed E-state index contributed by atoms with van der Waals surface area (Å²) in [6.07, 6.45) is 12.1. The molecule has 0 aliphatic carbocycles. The maximum absolute atomic E-state index is 10.2. The van der Waals surface area contributed by atoms with E-state index in [1.807, 2.05) is 48.6 Å². The van der Waals surface area contributed by atoms with Gasteiger partial charge < -0.3 is 13.9 Å². The molecule has 4 bridgehead atoms. The summed E-state index contributed by atoms with van der Waals surface area (Å²) in [4.78, 5) is 10.2. The average Bonchev–Trinajstić information content (AvgIpc) is 2.75. The summed E-state index contributed by atoms with van der Waals surface area (Å²) in [7, 11) is -2.05. The fourth-order valence-electron chi connectivity index (χ4n) is 5.05. The molecule has 4 heteroatoms. The van der Waals surface area contributed by atoms with Gasteiger partial charge in [-0.3, -0.25) is 0 Å². The van der Waals surface area contributed by atoms with Gasteiger partial charge in [-0.2, -0.15) is 0 Å². The minimum absolute atomic E-state index is 0.209. The standard InChI is InChI=1S/C27H31O3P/c1-5-9-21-27(26(18-6-2,19-7-3)20-8-4)22-10-14-24(15-11-22)29-31(28)30-25-16-12-23(27)13-17-25/h5-8,10-17,28H,1-4,9,18-21H2. The zero-order valence-electron chi connectivity index (χ0n) is 18.0. The molecule has 0 amide bonds. The number of hydrogen-bond donors (Lipinski definition) is 1. The van der Waals surface area contributed by atoms with E-state index in [4.69, 9.17) is 9.05 Å². The highest BCUT2D eigenvalue weighted by atomic mass is 31.2. The van der Waals surface area contributed by atoms with Crippen LogP contribution in [0.15, 0.2) is 99.2 Å². The summed E-state index contributed by atoms with van der Waals surface area (Å²) in [5.41, 5.74) is 1.81. The van der Waals surface area contributed by atoms with Crippen molar-refractivity contribution in [3.63, 3.8) is 0 Å². The number of rotatable bonds is 10. The highest BCUT2D eigenvalue weighted by molar-refractivity contribution is 7.41. The van der Waals surface area contributed by atoms with Gasteiger partial charge in [0.1, 0.15) is 11.5 Å². The van der Waals surface area contributed by atoms with Crippen molar-refractivity contribution in [3.05, 3.63) is 110 Å². The number of allylic oxidation sites excluding steroid dienone is 4. The van der Waals surface area contributed by atoms with E-state index in [1.165, 1.54) is 11.1 Å². The van der Waals surface area contributed by atoms with Gasteiger partial charge in [0.25, 0.3) is 0 Å². The molecule has 2 aromatic carbocycles. The Labute approximate surface area is 187 Å². The number of hydrogen-bond acceptors (Lipinski definition) is 3. The zero-order valence-corrected chi connectivity index (χ0v) is 18.9. The van der Waals surface area contributed by atoms with E-state index in [0.29, 0.717) is 11.5 Å². The molecule has 162 valence electrons. The largest absolute Gasteiger partial charge is 0.460 e. The minimum Gasteiger partial charge on any atom is -0.418 e. The van der Waals surface area contributed by atoms with Gasteiger partial charge >= 0.3 is 8.60 Å². The van der Waals surface area contributed by atoms with E-state index < -0.39 is 8.60 Å². The van der Waals surface area contributed by atoms with Crippen LogP contribution in [0.1, 0.15) is 43.2 Å². The first kappa shape index (κ1) is 23.1. The average molecular weight is 435 g/mol. The second kappa shape index (κ2) is 10.1. The molecule has 0 radical (unpaired) electrons. The quantitative estimate of drug-likeness (QED) is 0.308. The molecular formula is C27H31O3P. The van der Waals surface area contributed by atoms with Crippen LogP contribution < -0.4 is 9.05 Å². The first-order chi connectivity index (χ1) is 15.0. The summed E-state index contributed by atoms with van der Waals surface area (Å²) in [5.74, 6) is 1.15. The van der Waals surface area contributed by atoms with Gasteiger partial charge in [-0.1, -0.05) is 48.6 Å². The van der Waals surface area contributed by atoms with E-state index in [9.17, 15) is 4.89 Å². The normalized spacial score (nSPS) is 20.0. The third-order valence-corrected chi connectivity index (χ3v) is 7.03. The molecular weight excluding hydrogens is 403 g/mol. The third kappa shape index (κ3) is 4.39. The molecule has 31 heavy (non-hydrogen) atoms. The van der Waals surface area contributed by atoms with Crippen LogP contribution in [0.3, 0.4) is 0 Å². The lowest BCUT2D eigenvalue weighted by molar-refractivity contribution is 0.145. The molecule has 4 aliphatic heterocycles. The first-order valence-corrected chi connectivity index (χ1v) is 11.7. The van der Waals surface area contributed by atoms with Crippen LogP contribution in [0.25, 0.3) is 0 Å². The lowest BCUT2D eigenvalue weighted by Crippen LogP contribution is -2.46. The van der Waals surface area contributed by atoms with Crippen LogP contribution in [0.2, 0.25) is 0 Å². The van der Waals surface area contributed by atoms with Crippen LogP contribution >= 0.6 is 8.60 Å². The minimum atomic E-state index is -2.05. The Morgan fingerprint density at radius 1 is 0.742 bits per heavy atom. The molecule has 0 saturated carbocycles. The zero-order chi connectivity index (χ0) is 22.3. The lowest BCUT2D eigenvalue weighted by atomic mass is 9.51. The van der Waals surface area contributed by atoms with Crippen molar-refractivity contribution >= 4 is 8.60 Å². The van der Waals surface area contributed by atoms with Crippen LogP contribution in [0, 0.1) is 5.41 Å². The van der Waals surface area contributed by atoms with Crippen molar-refractivity contribution in [2.75, 3.05) is 0 Å². The van der Waals surface area contributed by atoms with Gasteiger partial charge in [0.15, 0.2) is 0 Å². The van der Waals surface area contributed by atoms with E-state index in [2.05, 4.69) is 50.6 Å². The van der Waals surface area contributed by atoms with Crippen LogP contribution in [0.5, 0.6) is 11.5 Å². The molecule has 1 N–H and O–H groups in total. The third-order valence-electron chi connectivity index (χ3n) is 6.30. The smallest absolute Gasteiger partial charge is 0.418 e. The molecule has 0 spiro atoms. The number of benzene rings is 2. The predicted octanol–water partition coefficient (Wildman–Crippen LogP) is 7.64. The molecule has 0 saturated heterocycles. The lowest BCUT2D eigenvalue weighted by Gasteiger charge is -2.52. The maximum atomic E-state index is 10.2. The van der Waals surface area contributed by atoms with E-state index in [0.717, 1.165) is 32.1 Å². The second-order valence-electron chi connectivity index (χ2n) is 7.96. The molecule has 4 heterocycles. The van der Waals surface area contributed by atoms with Crippen LogP contribution in [-0.4, -0.2) is 4.89 Å². The van der Waals surface area contributed by atoms with Crippen LogP contribution in [-0.2, 0) is 5.41 Å². The molecule has 0 unspecified atom stereocenters. The van der Waals surface area contributed by atoms with Crippen molar-refractivity contribution in [1.82, 2.24) is 0 Å². The molecule has 0 aromatic heterocycles. The Kier molecular flexibility index (Phi) is 7.54. The molecule has 4 aliphatic rings. The Bertz CT molecular complexity index is 838. The SMILES string of the molecule is C=CCCC1(C(CC=C)(CC=C)CC=C)c2ccc(cc2)OP(O)Oc2ccc1cc2. The fourth-order valence-corrected chi connectivity index (χ4v) is 5.69. The van der Waals surface area contributed by atoms with Gasteiger partial charge in [-0.15, -0.1) is 26.3 Å². The summed E-state index contributed by atoms with van der Waals surface area (Å²) >= 11 is 0. The summed E-state index contributed by atoms with van der Waals surface area (Å²) in [6, 6.07) is 16.0. The Morgan fingerprint density at radius 2 is 1.16 bits per heavy atom. The van der Waals surface area contributed by atoms with Gasteiger partial charge in [-0.25, -0.2) is 0 Å².